The molecule has 1 aliphatic rings. The topological polar surface area (TPSA) is 76.1 Å². The van der Waals surface area contributed by atoms with Crippen LogP contribution in [0.25, 0.3) is 0 Å². The van der Waals surface area contributed by atoms with E-state index in [9.17, 15) is 4.79 Å². The number of halogens is 2. The molecule has 1 heterocycles. The van der Waals surface area contributed by atoms with Crippen LogP contribution in [0, 0.1) is 5.41 Å². The second kappa shape index (κ2) is 8.36. The van der Waals surface area contributed by atoms with Crippen molar-refractivity contribution in [3.63, 3.8) is 0 Å². The lowest BCUT2D eigenvalue weighted by Crippen LogP contribution is -2.29. The molecule has 4 rings (SSSR count). The van der Waals surface area contributed by atoms with Crippen LogP contribution in [-0.2, 0) is 6.42 Å². The average molecular weight is 457 g/mol. The van der Waals surface area contributed by atoms with Crippen molar-refractivity contribution < 1.29 is 9.53 Å². The van der Waals surface area contributed by atoms with Gasteiger partial charge in [-0.1, -0.05) is 43.1 Å². The molecule has 2 aromatic carbocycles. The van der Waals surface area contributed by atoms with E-state index in [-0.39, 0.29) is 11.2 Å². The number of nitrogens with one attached hydrogen (secondary N) is 2. The van der Waals surface area contributed by atoms with Crippen LogP contribution in [0.15, 0.2) is 42.5 Å². The maximum Gasteiger partial charge on any atom is 0.229 e. The molecule has 2 N–H and O–H groups in total. The molecule has 0 spiro atoms. The van der Waals surface area contributed by atoms with Gasteiger partial charge in [0.25, 0.3) is 0 Å². The largest absolute Gasteiger partial charge is 0.497 e. The summed E-state index contributed by atoms with van der Waals surface area (Å²) in [6, 6.07) is 12.6. The number of rotatable bonds is 5. The molecular weight excluding hydrogens is 435 g/mol. The van der Waals surface area contributed by atoms with E-state index >= 15 is 0 Å². The first-order valence-electron chi connectivity index (χ1n) is 9.81. The Morgan fingerprint density at radius 1 is 0.968 bits per heavy atom. The number of nitrogens with zero attached hydrogens (tertiary/aromatic N) is 2. The van der Waals surface area contributed by atoms with Gasteiger partial charge < -0.3 is 15.4 Å². The van der Waals surface area contributed by atoms with Gasteiger partial charge in [-0.2, -0.15) is 4.98 Å². The van der Waals surface area contributed by atoms with E-state index in [1.165, 1.54) is 0 Å². The Balaban J connectivity index is 1.78. The molecule has 0 aliphatic heterocycles. The number of Topliss-reactive ketones (excluding diaryl/α,β-unsaturated/α-hetero) is 1. The van der Waals surface area contributed by atoms with E-state index in [2.05, 4.69) is 34.4 Å². The predicted molar refractivity (Wildman–Crippen MR) is 124 cm³/mol. The molecule has 1 aliphatic carbocycles. The quantitative estimate of drug-likeness (QED) is 0.460. The molecular formula is C23H22Cl2N4O2. The maximum atomic E-state index is 13.0. The molecule has 6 nitrogen and oxygen atoms in total. The third-order valence-corrected chi connectivity index (χ3v) is 5.44. The summed E-state index contributed by atoms with van der Waals surface area (Å²) in [5, 5.41) is 7.40. The van der Waals surface area contributed by atoms with E-state index in [0.29, 0.717) is 57.3 Å². The zero-order valence-corrected chi connectivity index (χ0v) is 18.9. The molecule has 0 fully saturated rings. The lowest BCUT2D eigenvalue weighted by Gasteiger charge is -2.30. The van der Waals surface area contributed by atoms with Crippen molar-refractivity contribution in [3.8, 4) is 5.75 Å². The molecule has 0 saturated heterocycles. The Morgan fingerprint density at radius 2 is 1.71 bits per heavy atom. The molecule has 0 unspecified atom stereocenters. The van der Waals surface area contributed by atoms with Gasteiger partial charge in [-0.3, -0.25) is 4.79 Å². The minimum Gasteiger partial charge on any atom is -0.497 e. The number of hydrogen-bond donors (Lipinski definition) is 2. The highest BCUT2D eigenvalue weighted by molar-refractivity contribution is 6.35. The second-order valence-corrected chi connectivity index (χ2v) is 9.17. The van der Waals surface area contributed by atoms with Crippen LogP contribution in [0.4, 0.5) is 23.1 Å². The van der Waals surface area contributed by atoms with Gasteiger partial charge in [-0.25, -0.2) is 4.98 Å². The molecule has 8 heteroatoms. The molecule has 0 atom stereocenters. The van der Waals surface area contributed by atoms with E-state index < -0.39 is 0 Å². The second-order valence-electron chi connectivity index (χ2n) is 8.30. The van der Waals surface area contributed by atoms with Crippen LogP contribution in [0.5, 0.6) is 5.75 Å². The van der Waals surface area contributed by atoms with Crippen LogP contribution in [0.3, 0.4) is 0 Å². The highest BCUT2D eigenvalue weighted by Gasteiger charge is 2.35. The van der Waals surface area contributed by atoms with E-state index in [1.54, 1.807) is 25.3 Å². The number of ether oxygens (including phenoxy) is 1. The van der Waals surface area contributed by atoms with E-state index in [0.717, 1.165) is 5.69 Å². The fourth-order valence-corrected chi connectivity index (χ4v) is 4.23. The summed E-state index contributed by atoms with van der Waals surface area (Å²) >= 11 is 12.3. The van der Waals surface area contributed by atoms with Crippen LogP contribution >= 0.6 is 23.2 Å². The highest BCUT2D eigenvalue weighted by Crippen LogP contribution is 2.38. The Bertz CT molecular complexity index is 1140. The number of carbonyl (C=O) groups excluding carboxylic acids is 1. The predicted octanol–water partition coefficient (Wildman–Crippen LogP) is 6.43. The average Bonchev–Trinajstić information content (AvgIpc) is 2.65. The van der Waals surface area contributed by atoms with Gasteiger partial charge in [-0.15, -0.1) is 0 Å². The minimum absolute atomic E-state index is 0.00908. The molecule has 0 bridgehead atoms. The van der Waals surface area contributed by atoms with Crippen molar-refractivity contribution in [1.29, 1.82) is 0 Å². The number of ketones is 1. The summed E-state index contributed by atoms with van der Waals surface area (Å²) in [5.74, 6) is 1.53. The van der Waals surface area contributed by atoms with Gasteiger partial charge >= 0.3 is 0 Å². The van der Waals surface area contributed by atoms with Crippen molar-refractivity contribution in [2.45, 2.75) is 26.7 Å². The smallest absolute Gasteiger partial charge is 0.229 e. The fraction of sp³-hybridized carbons (Fsp3) is 0.261. The monoisotopic (exact) mass is 456 g/mol. The summed E-state index contributed by atoms with van der Waals surface area (Å²) in [4.78, 5) is 22.3. The minimum atomic E-state index is -0.178. The third-order valence-electron chi connectivity index (χ3n) is 5.00. The van der Waals surface area contributed by atoms with Gasteiger partial charge in [0.15, 0.2) is 5.78 Å². The number of carbonyl (C=O) groups is 1. The zero-order chi connectivity index (χ0) is 22.2. The molecule has 31 heavy (non-hydrogen) atoms. The Morgan fingerprint density at radius 3 is 2.42 bits per heavy atom. The van der Waals surface area contributed by atoms with Gasteiger partial charge in [-0.05, 0) is 42.2 Å². The normalized spacial score (nSPS) is 14.7. The first kappa shape index (κ1) is 21.4. The fourth-order valence-electron chi connectivity index (χ4n) is 3.71. The maximum absolute atomic E-state index is 13.0. The molecule has 0 radical (unpaired) electrons. The number of benzene rings is 2. The van der Waals surface area contributed by atoms with Crippen LogP contribution < -0.4 is 15.4 Å². The SMILES string of the molecule is COc1cccc(Nc2nc3c(c(Nc4cc(Cl)cc(Cl)c4)n2)C(=O)CC(C)(C)C3)c1. The number of hydrogen-bond acceptors (Lipinski definition) is 6. The summed E-state index contributed by atoms with van der Waals surface area (Å²) in [6.07, 6.45) is 1.09. The molecule has 1 aromatic heterocycles. The molecule has 160 valence electrons. The summed E-state index contributed by atoms with van der Waals surface area (Å²) in [6.45, 7) is 4.13. The third kappa shape index (κ3) is 4.92. The number of aromatic nitrogens is 2. The molecule has 0 amide bonds. The van der Waals surface area contributed by atoms with Crippen molar-refractivity contribution in [1.82, 2.24) is 9.97 Å². The standard InChI is InChI=1S/C23H22Cl2N4O2/c1-23(2)11-18-20(19(30)12-23)21(26-16-8-13(24)7-14(25)9-16)29-22(28-18)27-15-5-4-6-17(10-15)31-3/h4-10H,11-12H2,1-3H3,(H2,26,27,28,29). The van der Waals surface area contributed by atoms with E-state index in [1.807, 2.05) is 24.3 Å². The van der Waals surface area contributed by atoms with Crippen molar-refractivity contribution in [2.75, 3.05) is 17.7 Å². The molecule has 3 aromatic rings. The van der Waals surface area contributed by atoms with Crippen molar-refractivity contribution >= 4 is 52.1 Å². The van der Waals surface area contributed by atoms with Gasteiger partial charge in [0.05, 0.1) is 18.4 Å². The van der Waals surface area contributed by atoms with Gasteiger partial charge in [0.2, 0.25) is 5.95 Å². The van der Waals surface area contributed by atoms with Crippen molar-refractivity contribution in [2.24, 2.45) is 5.41 Å². The summed E-state index contributed by atoms with van der Waals surface area (Å²) in [5.41, 5.74) is 2.45. The summed E-state index contributed by atoms with van der Waals surface area (Å²) in [7, 11) is 1.61. The van der Waals surface area contributed by atoms with Crippen LogP contribution in [0.1, 0.15) is 36.3 Å². The Hall–Kier alpha value is -2.83. The van der Waals surface area contributed by atoms with E-state index in [4.69, 9.17) is 27.9 Å². The van der Waals surface area contributed by atoms with Crippen molar-refractivity contribution in [3.05, 3.63) is 63.8 Å². The van der Waals surface area contributed by atoms with Gasteiger partial charge in [0, 0.05) is 33.9 Å². The zero-order valence-electron chi connectivity index (χ0n) is 17.4. The highest BCUT2D eigenvalue weighted by atomic mass is 35.5. The first-order valence-corrected chi connectivity index (χ1v) is 10.6. The molecule has 0 saturated carbocycles. The van der Waals surface area contributed by atoms with Crippen LogP contribution in [0.2, 0.25) is 10.0 Å². The first-order chi connectivity index (χ1) is 14.7. The lowest BCUT2D eigenvalue weighted by molar-refractivity contribution is 0.0911. The number of anilines is 4. The van der Waals surface area contributed by atoms with Gasteiger partial charge in [0.1, 0.15) is 11.6 Å². The number of methoxy groups -OCH3 is 1. The number of fused-ring (bicyclic) bond motifs is 1. The van der Waals surface area contributed by atoms with Crippen LogP contribution in [-0.4, -0.2) is 22.9 Å². The Labute approximate surface area is 191 Å². The Kier molecular flexibility index (Phi) is 5.77. The summed E-state index contributed by atoms with van der Waals surface area (Å²) < 4.78 is 5.29. The lowest BCUT2D eigenvalue weighted by atomic mass is 9.75.